The zero-order valence-electron chi connectivity index (χ0n) is 14.4. The summed E-state index contributed by atoms with van der Waals surface area (Å²) in [4.78, 5) is 38.1. The largest absolute Gasteiger partial charge is 0.462 e. The fourth-order valence-electron chi connectivity index (χ4n) is 3.59. The van der Waals surface area contributed by atoms with Crippen molar-refractivity contribution in [2.45, 2.75) is 26.2 Å². The fraction of sp³-hybridized carbons (Fsp3) is 0.278. The molecule has 26 heavy (non-hydrogen) atoms. The molecule has 1 unspecified atom stereocenters. The highest BCUT2D eigenvalue weighted by Crippen LogP contribution is 2.52. The SMILES string of the molecule is CCOC(=O)C1=C(N)OC(C)=C(C(C)=O)C12C(=O)Nc1cc(F)ccc12. The van der Waals surface area contributed by atoms with Crippen LogP contribution in [0.25, 0.3) is 0 Å². The molecule has 1 spiro atoms. The van der Waals surface area contributed by atoms with Crippen LogP contribution in [-0.2, 0) is 29.3 Å². The molecule has 0 bridgehead atoms. The third kappa shape index (κ3) is 2.22. The quantitative estimate of drug-likeness (QED) is 0.794. The van der Waals surface area contributed by atoms with Crippen molar-refractivity contribution in [1.82, 2.24) is 0 Å². The Balaban J connectivity index is 2.41. The predicted octanol–water partition coefficient (Wildman–Crippen LogP) is 1.64. The van der Waals surface area contributed by atoms with E-state index in [4.69, 9.17) is 15.2 Å². The highest BCUT2D eigenvalue weighted by atomic mass is 19.1. The fourth-order valence-corrected chi connectivity index (χ4v) is 3.59. The molecule has 0 saturated carbocycles. The van der Waals surface area contributed by atoms with Crippen molar-refractivity contribution >= 4 is 23.3 Å². The molecule has 1 aromatic rings. The number of ether oxygens (including phenoxy) is 2. The highest BCUT2D eigenvalue weighted by molar-refractivity contribution is 6.22. The van der Waals surface area contributed by atoms with Gasteiger partial charge in [0.15, 0.2) is 5.78 Å². The van der Waals surface area contributed by atoms with Crippen LogP contribution < -0.4 is 11.1 Å². The van der Waals surface area contributed by atoms with Gasteiger partial charge in [0.2, 0.25) is 11.8 Å². The van der Waals surface area contributed by atoms with E-state index in [-0.39, 0.29) is 40.6 Å². The van der Waals surface area contributed by atoms with E-state index in [1.54, 1.807) is 6.92 Å². The minimum Gasteiger partial charge on any atom is -0.462 e. The maximum absolute atomic E-state index is 13.6. The van der Waals surface area contributed by atoms with Crippen LogP contribution in [0.1, 0.15) is 26.3 Å². The Morgan fingerprint density at radius 3 is 2.65 bits per heavy atom. The monoisotopic (exact) mass is 360 g/mol. The number of amides is 1. The Labute approximate surface area is 148 Å². The second kappa shape index (κ2) is 5.98. The molecule has 1 atom stereocenters. The minimum absolute atomic E-state index is 0.0295. The average Bonchev–Trinajstić information content (AvgIpc) is 2.78. The van der Waals surface area contributed by atoms with E-state index in [9.17, 15) is 18.8 Å². The van der Waals surface area contributed by atoms with Crippen LogP contribution in [0.15, 0.2) is 41.0 Å². The summed E-state index contributed by atoms with van der Waals surface area (Å²) >= 11 is 0. The molecule has 1 amide bonds. The van der Waals surface area contributed by atoms with Gasteiger partial charge in [-0.3, -0.25) is 9.59 Å². The lowest BCUT2D eigenvalue weighted by atomic mass is 9.66. The van der Waals surface area contributed by atoms with E-state index < -0.39 is 28.9 Å². The van der Waals surface area contributed by atoms with Gasteiger partial charge in [-0.25, -0.2) is 9.18 Å². The van der Waals surface area contributed by atoms with Crippen molar-refractivity contribution in [3.8, 4) is 0 Å². The lowest BCUT2D eigenvalue weighted by Gasteiger charge is -2.35. The van der Waals surface area contributed by atoms with Gasteiger partial charge < -0.3 is 20.5 Å². The number of Topliss-reactive ketones (excluding diaryl/α,β-unsaturated/α-hetero) is 1. The molecule has 3 N–H and O–H groups in total. The number of hydrogen-bond acceptors (Lipinski definition) is 6. The van der Waals surface area contributed by atoms with Crippen LogP contribution in [-0.4, -0.2) is 24.3 Å². The summed E-state index contributed by atoms with van der Waals surface area (Å²) < 4.78 is 24.1. The predicted molar refractivity (Wildman–Crippen MR) is 89.0 cm³/mol. The van der Waals surface area contributed by atoms with E-state index in [0.29, 0.717) is 0 Å². The number of rotatable bonds is 3. The summed E-state index contributed by atoms with van der Waals surface area (Å²) in [5.74, 6) is -2.88. The number of hydrogen-bond donors (Lipinski definition) is 2. The van der Waals surface area contributed by atoms with Crippen molar-refractivity contribution in [3.63, 3.8) is 0 Å². The molecular weight excluding hydrogens is 343 g/mol. The number of allylic oxidation sites excluding steroid dienone is 1. The molecule has 0 saturated heterocycles. The van der Waals surface area contributed by atoms with Crippen LogP contribution >= 0.6 is 0 Å². The maximum atomic E-state index is 13.6. The first kappa shape index (κ1) is 17.7. The number of carbonyl (C=O) groups excluding carboxylic acids is 3. The van der Waals surface area contributed by atoms with Gasteiger partial charge in [-0.2, -0.15) is 0 Å². The molecular formula is C18H17FN2O5. The summed E-state index contributed by atoms with van der Waals surface area (Å²) in [5, 5.41) is 2.53. The van der Waals surface area contributed by atoms with Crippen LogP contribution in [0.5, 0.6) is 0 Å². The number of halogens is 1. The molecule has 0 fully saturated rings. The van der Waals surface area contributed by atoms with E-state index in [0.717, 1.165) is 12.1 Å². The molecule has 0 aromatic heterocycles. The molecule has 136 valence electrons. The molecule has 2 aliphatic rings. The van der Waals surface area contributed by atoms with Gasteiger partial charge in [-0.1, -0.05) is 6.07 Å². The van der Waals surface area contributed by atoms with Crippen molar-refractivity contribution in [2.75, 3.05) is 11.9 Å². The number of anilines is 1. The molecule has 2 aliphatic heterocycles. The normalized spacial score (nSPS) is 21.5. The van der Waals surface area contributed by atoms with Crippen LogP contribution in [0.2, 0.25) is 0 Å². The second-order valence-electron chi connectivity index (χ2n) is 5.94. The van der Waals surface area contributed by atoms with Crippen molar-refractivity contribution in [3.05, 3.63) is 52.4 Å². The lowest BCUT2D eigenvalue weighted by Crippen LogP contribution is -2.47. The van der Waals surface area contributed by atoms with Gasteiger partial charge in [-0.05, 0) is 32.9 Å². The number of carbonyl (C=O) groups is 3. The van der Waals surface area contributed by atoms with Crippen LogP contribution in [0, 0.1) is 5.82 Å². The summed E-state index contributed by atoms with van der Waals surface area (Å²) in [6, 6.07) is 3.60. The smallest absolute Gasteiger partial charge is 0.341 e. The van der Waals surface area contributed by atoms with Crippen molar-refractivity contribution < 1.29 is 28.2 Å². The summed E-state index contributed by atoms with van der Waals surface area (Å²) in [6.45, 7) is 4.35. The molecule has 8 heteroatoms. The first-order valence-electron chi connectivity index (χ1n) is 7.94. The van der Waals surface area contributed by atoms with E-state index in [2.05, 4.69) is 5.32 Å². The number of esters is 1. The van der Waals surface area contributed by atoms with Gasteiger partial charge in [-0.15, -0.1) is 0 Å². The van der Waals surface area contributed by atoms with Gasteiger partial charge in [0, 0.05) is 11.3 Å². The first-order valence-corrected chi connectivity index (χ1v) is 7.94. The Hall–Kier alpha value is -3.16. The van der Waals surface area contributed by atoms with Gasteiger partial charge in [0.25, 0.3) is 0 Å². The molecule has 7 nitrogen and oxygen atoms in total. The zero-order valence-corrected chi connectivity index (χ0v) is 14.4. The molecule has 1 aromatic carbocycles. The van der Waals surface area contributed by atoms with E-state index in [1.807, 2.05) is 0 Å². The van der Waals surface area contributed by atoms with Crippen molar-refractivity contribution in [2.24, 2.45) is 5.73 Å². The Morgan fingerprint density at radius 2 is 2.04 bits per heavy atom. The Bertz CT molecular complexity index is 918. The minimum atomic E-state index is -1.85. The van der Waals surface area contributed by atoms with Crippen LogP contribution in [0.4, 0.5) is 10.1 Å². The van der Waals surface area contributed by atoms with Gasteiger partial charge >= 0.3 is 5.97 Å². The summed E-state index contributed by atoms with van der Waals surface area (Å²) in [5.41, 5.74) is 4.12. The number of ketones is 1. The maximum Gasteiger partial charge on any atom is 0.341 e. The van der Waals surface area contributed by atoms with Crippen LogP contribution in [0.3, 0.4) is 0 Å². The topological polar surface area (TPSA) is 108 Å². The molecule has 2 heterocycles. The second-order valence-corrected chi connectivity index (χ2v) is 5.94. The third-order valence-electron chi connectivity index (χ3n) is 4.42. The summed E-state index contributed by atoms with van der Waals surface area (Å²) in [6.07, 6.45) is 0. The number of nitrogens with two attached hydrogens (primary N) is 1. The number of nitrogens with one attached hydrogen (secondary N) is 1. The zero-order chi connectivity index (χ0) is 19.2. The van der Waals surface area contributed by atoms with E-state index in [1.165, 1.54) is 19.9 Å². The standard InChI is InChI=1S/C18H17FN2O5/c1-4-25-16(23)14-15(20)26-9(3)13(8(2)22)18(14)11-6-5-10(19)7-12(11)21-17(18)24/h5-7H,4,20H2,1-3H3,(H,21,24). The number of fused-ring (bicyclic) bond motifs is 2. The Kier molecular flexibility index (Phi) is 4.06. The van der Waals surface area contributed by atoms with Gasteiger partial charge in [0.05, 0.1) is 12.2 Å². The third-order valence-corrected chi connectivity index (χ3v) is 4.42. The molecule has 0 radical (unpaired) electrons. The molecule has 3 rings (SSSR count). The number of benzene rings is 1. The summed E-state index contributed by atoms with van der Waals surface area (Å²) in [7, 11) is 0. The molecule has 0 aliphatic carbocycles. The first-order chi connectivity index (χ1) is 12.2. The van der Waals surface area contributed by atoms with Crippen molar-refractivity contribution in [1.29, 1.82) is 0 Å². The highest BCUT2D eigenvalue weighted by Gasteiger charge is 2.60. The van der Waals surface area contributed by atoms with E-state index >= 15 is 0 Å². The lowest BCUT2D eigenvalue weighted by molar-refractivity contribution is -0.141. The van der Waals surface area contributed by atoms with Gasteiger partial charge in [0.1, 0.15) is 22.6 Å². The Morgan fingerprint density at radius 1 is 1.35 bits per heavy atom. The average molecular weight is 360 g/mol.